The van der Waals surface area contributed by atoms with E-state index in [9.17, 15) is 13.9 Å². The van der Waals surface area contributed by atoms with Crippen LogP contribution in [0.3, 0.4) is 0 Å². The van der Waals surface area contributed by atoms with Gasteiger partial charge in [-0.1, -0.05) is 12.1 Å². The largest absolute Gasteiger partial charge is 0.387 e. The number of aliphatic hydroxyl groups is 1. The molecule has 1 aromatic carbocycles. The number of pyridine rings is 1. The number of rotatable bonds is 6. The zero-order valence-electron chi connectivity index (χ0n) is 12.3. The Balaban J connectivity index is 1.52. The van der Waals surface area contributed by atoms with Crippen molar-refractivity contribution >= 4 is 5.65 Å². The number of halogens is 2. The van der Waals surface area contributed by atoms with Crippen molar-refractivity contribution in [3.63, 3.8) is 0 Å². The zero-order chi connectivity index (χ0) is 16.2. The molecular weight excluding hydrogens is 302 g/mol. The first-order chi connectivity index (χ1) is 11.1. The molecule has 1 atom stereocenters. The highest BCUT2D eigenvalue weighted by atomic mass is 19.2. The Labute approximate surface area is 131 Å². The molecule has 3 rings (SSSR count). The molecule has 0 spiro atoms. The van der Waals surface area contributed by atoms with Crippen molar-refractivity contribution < 1.29 is 13.9 Å². The number of aromatic nitrogens is 3. The van der Waals surface area contributed by atoms with Crippen LogP contribution in [0.15, 0.2) is 42.6 Å². The summed E-state index contributed by atoms with van der Waals surface area (Å²) in [7, 11) is 0. The minimum Gasteiger partial charge on any atom is -0.387 e. The fourth-order valence-electron chi connectivity index (χ4n) is 2.34. The van der Waals surface area contributed by atoms with Crippen molar-refractivity contribution in [1.29, 1.82) is 0 Å². The molecule has 7 heteroatoms. The second kappa shape index (κ2) is 6.80. The van der Waals surface area contributed by atoms with E-state index in [4.69, 9.17) is 0 Å². The van der Waals surface area contributed by atoms with Crippen LogP contribution >= 0.6 is 0 Å². The quantitative estimate of drug-likeness (QED) is 0.681. The Bertz CT molecular complexity index is 806. The van der Waals surface area contributed by atoms with E-state index in [1.807, 2.05) is 28.8 Å². The fraction of sp³-hybridized carbons (Fsp3) is 0.250. The molecule has 23 heavy (non-hydrogen) atoms. The second-order valence-electron chi connectivity index (χ2n) is 5.19. The van der Waals surface area contributed by atoms with Crippen LogP contribution in [0.4, 0.5) is 8.78 Å². The summed E-state index contributed by atoms with van der Waals surface area (Å²) in [6, 6.07) is 9.06. The lowest BCUT2D eigenvalue weighted by atomic mass is 10.1. The van der Waals surface area contributed by atoms with Crippen molar-refractivity contribution in [3.05, 3.63) is 65.6 Å². The van der Waals surface area contributed by atoms with Crippen LogP contribution in [0.1, 0.15) is 17.5 Å². The van der Waals surface area contributed by atoms with Gasteiger partial charge < -0.3 is 10.4 Å². The molecular formula is C16H16F2N4O. The number of hydrogen-bond donors (Lipinski definition) is 2. The molecule has 120 valence electrons. The summed E-state index contributed by atoms with van der Waals surface area (Å²) in [5.41, 5.74) is 1.12. The highest BCUT2D eigenvalue weighted by molar-refractivity contribution is 5.37. The van der Waals surface area contributed by atoms with Gasteiger partial charge in [0.15, 0.2) is 17.3 Å². The van der Waals surface area contributed by atoms with Crippen molar-refractivity contribution in [2.45, 2.75) is 12.5 Å². The normalized spacial score (nSPS) is 12.7. The van der Waals surface area contributed by atoms with Crippen LogP contribution in [0.2, 0.25) is 0 Å². The molecule has 5 nitrogen and oxygen atoms in total. The Morgan fingerprint density at radius 3 is 2.83 bits per heavy atom. The predicted molar refractivity (Wildman–Crippen MR) is 80.9 cm³/mol. The van der Waals surface area contributed by atoms with Crippen LogP contribution in [0.5, 0.6) is 0 Å². The molecule has 3 aromatic rings. The summed E-state index contributed by atoms with van der Waals surface area (Å²) >= 11 is 0. The van der Waals surface area contributed by atoms with Crippen LogP contribution in [0, 0.1) is 11.6 Å². The number of nitrogens with one attached hydrogen (secondary N) is 1. The third-order valence-electron chi connectivity index (χ3n) is 3.58. The van der Waals surface area contributed by atoms with Crippen molar-refractivity contribution in [2.24, 2.45) is 0 Å². The van der Waals surface area contributed by atoms with Crippen LogP contribution in [-0.4, -0.2) is 32.8 Å². The number of nitrogens with zero attached hydrogens (tertiary/aromatic N) is 3. The Morgan fingerprint density at radius 1 is 1.13 bits per heavy atom. The molecule has 0 aliphatic rings. The highest BCUT2D eigenvalue weighted by Gasteiger charge is 2.11. The Kier molecular flexibility index (Phi) is 4.59. The summed E-state index contributed by atoms with van der Waals surface area (Å²) in [6.45, 7) is 0.818. The number of aliphatic hydroxyl groups excluding tert-OH is 1. The topological polar surface area (TPSA) is 62.5 Å². The van der Waals surface area contributed by atoms with E-state index in [-0.39, 0.29) is 6.54 Å². The summed E-state index contributed by atoms with van der Waals surface area (Å²) in [6.07, 6.45) is 1.62. The maximum absolute atomic E-state index is 13.1. The maximum Gasteiger partial charge on any atom is 0.160 e. The highest BCUT2D eigenvalue weighted by Crippen LogP contribution is 2.15. The lowest BCUT2D eigenvalue weighted by molar-refractivity contribution is 0.174. The zero-order valence-corrected chi connectivity index (χ0v) is 12.3. The average Bonchev–Trinajstić information content (AvgIpc) is 2.97. The molecule has 0 saturated carbocycles. The minimum absolute atomic E-state index is 0.238. The van der Waals surface area contributed by atoms with Gasteiger partial charge in [0.2, 0.25) is 0 Å². The summed E-state index contributed by atoms with van der Waals surface area (Å²) in [4.78, 5) is 0. The van der Waals surface area contributed by atoms with E-state index >= 15 is 0 Å². The van der Waals surface area contributed by atoms with E-state index in [1.165, 1.54) is 6.07 Å². The SMILES string of the molecule is O[C@H](CNCCc1nnc2ccccn12)c1ccc(F)c(F)c1. The van der Waals surface area contributed by atoms with Crippen molar-refractivity contribution in [1.82, 2.24) is 19.9 Å². The molecule has 0 saturated heterocycles. The van der Waals surface area contributed by atoms with E-state index in [0.29, 0.717) is 18.5 Å². The van der Waals surface area contributed by atoms with Crippen LogP contribution in [0.25, 0.3) is 5.65 Å². The monoisotopic (exact) mass is 318 g/mol. The molecule has 0 aliphatic heterocycles. The molecule has 0 amide bonds. The third kappa shape index (κ3) is 3.52. The first-order valence-corrected chi connectivity index (χ1v) is 7.27. The first-order valence-electron chi connectivity index (χ1n) is 7.27. The Morgan fingerprint density at radius 2 is 2.00 bits per heavy atom. The van der Waals surface area contributed by atoms with Crippen molar-refractivity contribution in [3.8, 4) is 0 Å². The van der Waals surface area contributed by atoms with E-state index < -0.39 is 17.7 Å². The van der Waals surface area contributed by atoms with Crippen LogP contribution < -0.4 is 5.32 Å². The maximum atomic E-state index is 13.1. The standard InChI is InChI=1S/C16H16F2N4O/c17-12-5-4-11(9-13(12)18)14(23)10-19-7-6-16-21-20-15-3-1-2-8-22(15)16/h1-5,8-9,14,19,23H,6-7,10H2/t14-/m1/s1. The van der Waals surface area contributed by atoms with Gasteiger partial charge in [0.1, 0.15) is 5.82 Å². The van der Waals surface area contributed by atoms with Gasteiger partial charge in [-0.25, -0.2) is 8.78 Å². The van der Waals surface area contributed by atoms with Gasteiger partial charge in [-0.15, -0.1) is 10.2 Å². The van der Waals surface area contributed by atoms with Crippen molar-refractivity contribution in [2.75, 3.05) is 13.1 Å². The van der Waals surface area contributed by atoms with Gasteiger partial charge in [-0.3, -0.25) is 4.40 Å². The fourth-order valence-corrected chi connectivity index (χ4v) is 2.34. The molecule has 0 bridgehead atoms. The van der Waals surface area contributed by atoms with E-state index in [2.05, 4.69) is 15.5 Å². The van der Waals surface area contributed by atoms with Gasteiger partial charge in [0.05, 0.1) is 6.10 Å². The number of hydrogen-bond acceptors (Lipinski definition) is 4. The Hall–Kier alpha value is -2.38. The van der Waals surface area contributed by atoms with Gasteiger partial charge in [-0.05, 0) is 29.8 Å². The third-order valence-corrected chi connectivity index (χ3v) is 3.58. The van der Waals surface area contributed by atoms with Gasteiger partial charge >= 0.3 is 0 Å². The van der Waals surface area contributed by atoms with E-state index in [1.54, 1.807) is 0 Å². The molecule has 0 aliphatic carbocycles. The van der Waals surface area contributed by atoms with Gasteiger partial charge in [0.25, 0.3) is 0 Å². The lowest BCUT2D eigenvalue weighted by Crippen LogP contribution is -2.24. The summed E-state index contributed by atoms with van der Waals surface area (Å²) in [5, 5.41) is 21.2. The summed E-state index contributed by atoms with van der Waals surface area (Å²) in [5.74, 6) is -1.07. The smallest absolute Gasteiger partial charge is 0.160 e. The minimum atomic E-state index is -0.962. The second-order valence-corrected chi connectivity index (χ2v) is 5.19. The average molecular weight is 318 g/mol. The number of benzene rings is 1. The van der Waals surface area contributed by atoms with E-state index in [0.717, 1.165) is 23.6 Å². The molecule has 0 unspecified atom stereocenters. The molecule has 0 fully saturated rings. The summed E-state index contributed by atoms with van der Waals surface area (Å²) < 4.78 is 27.9. The molecule has 0 radical (unpaired) electrons. The van der Waals surface area contributed by atoms with Crippen LogP contribution in [-0.2, 0) is 6.42 Å². The predicted octanol–water partition coefficient (Wildman–Crippen LogP) is 1.87. The molecule has 2 aromatic heterocycles. The molecule has 2 heterocycles. The van der Waals surface area contributed by atoms with Gasteiger partial charge in [0, 0.05) is 25.7 Å². The number of fused-ring (bicyclic) bond motifs is 1. The molecule has 2 N–H and O–H groups in total. The first kappa shape index (κ1) is 15.5. The lowest BCUT2D eigenvalue weighted by Gasteiger charge is -2.12. The van der Waals surface area contributed by atoms with Gasteiger partial charge in [-0.2, -0.15) is 0 Å².